The van der Waals surface area contributed by atoms with Crippen LogP contribution >= 0.6 is 0 Å². The van der Waals surface area contributed by atoms with Gasteiger partial charge in [-0.25, -0.2) is 9.71 Å². The van der Waals surface area contributed by atoms with Crippen LogP contribution in [0.15, 0.2) is 48.5 Å². The maximum atomic E-state index is 10.7. The fraction of sp³-hybridized carbons (Fsp3) is 0.240. The second kappa shape index (κ2) is 9.21. The number of anilines is 1. The van der Waals surface area contributed by atoms with Crippen LogP contribution in [-0.4, -0.2) is 33.1 Å². The highest BCUT2D eigenvalue weighted by Gasteiger charge is 2.17. The average molecular weight is 489 g/mol. The molecule has 0 radical (unpaired) electrons. The van der Waals surface area contributed by atoms with Crippen LogP contribution in [0.25, 0.3) is 27.7 Å². The molecular formula is C25H26N7O2S-. The Bertz CT molecular complexity index is 1570. The van der Waals surface area contributed by atoms with Crippen molar-refractivity contribution >= 4 is 33.6 Å². The topological polar surface area (TPSA) is 112 Å². The summed E-state index contributed by atoms with van der Waals surface area (Å²) in [7, 11) is 1.96. The third kappa shape index (κ3) is 4.55. The molecule has 10 heteroatoms. The van der Waals surface area contributed by atoms with Gasteiger partial charge in [0, 0.05) is 54.1 Å². The molecule has 3 heterocycles. The Morgan fingerprint density at radius 2 is 1.66 bits per heavy atom. The van der Waals surface area contributed by atoms with Crippen LogP contribution < -0.4 is 10.0 Å². The molecule has 0 aliphatic heterocycles. The molecule has 3 aromatic heterocycles. The first-order valence-electron chi connectivity index (χ1n) is 11.3. The van der Waals surface area contributed by atoms with E-state index in [0.29, 0.717) is 6.54 Å². The molecule has 0 amide bonds. The lowest BCUT2D eigenvalue weighted by molar-refractivity contribution is 0.522. The zero-order valence-electron chi connectivity index (χ0n) is 20.0. The van der Waals surface area contributed by atoms with E-state index in [2.05, 4.69) is 33.3 Å². The zero-order chi connectivity index (χ0) is 24.7. The number of nitrogens with zero attached hydrogens (tertiary/aromatic N) is 5. The highest BCUT2D eigenvalue weighted by molar-refractivity contribution is 7.77. The van der Waals surface area contributed by atoms with Crippen LogP contribution in [0.5, 0.6) is 0 Å². The molecule has 180 valence electrons. The minimum atomic E-state index is -2.27. The average Bonchev–Trinajstić information content (AvgIpc) is 3.31. The summed E-state index contributed by atoms with van der Waals surface area (Å²) in [4.78, 5) is 4.82. The van der Waals surface area contributed by atoms with Crippen LogP contribution in [0.2, 0.25) is 0 Å². The number of aryl methyl sites for hydroxylation is 4. The fourth-order valence-electron chi connectivity index (χ4n) is 4.41. The molecule has 0 saturated heterocycles. The summed E-state index contributed by atoms with van der Waals surface area (Å²) in [6.45, 7) is 6.87. The van der Waals surface area contributed by atoms with Crippen LogP contribution in [0.1, 0.15) is 28.2 Å². The van der Waals surface area contributed by atoms with Gasteiger partial charge >= 0.3 is 0 Å². The molecule has 0 spiro atoms. The van der Waals surface area contributed by atoms with Gasteiger partial charge in [0.2, 0.25) is 0 Å². The summed E-state index contributed by atoms with van der Waals surface area (Å²) in [6, 6.07) is 16.1. The summed E-state index contributed by atoms with van der Waals surface area (Å²) in [5, 5.41) is 14.0. The predicted octanol–water partition coefficient (Wildman–Crippen LogP) is 3.70. The molecule has 5 rings (SSSR count). The normalized spacial score (nSPS) is 12.5. The molecule has 0 fully saturated rings. The van der Waals surface area contributed by atoms with E-state index >= 15 is 0 Å². The third-order valence-corrected chi connectivity index (χ3v) is 6.49. The van der Waals surface area contributed by atoms with Crippen molar-refractivity contribution in [1.29, 1.82) is 0 Å². The zero-order valence-corrected chi connectivity index (χ0v) is 20.8. The maximum absolute atomic E-state index is 10.7. The van der Waals surface area contributed by atoms with E-state index in [-0.39, 0.29) is 6.54 Å². The molecular weight excluding hydrogens is 462 g/mol. The molecule has 35 heavy (non-hydrogen) atoms. The molecule has 1 atom stereocenters. The van der Waals surface area contributed by atoms with Crippen molar-refractivity contribution in [2.75, 3.05) is 5.32 Å². The number of aromatic nitrogens is 5. The van der Waals surface area contributed by atoms with Gasteiger partial charge in [-0.15, -0.1) is 0 Å². The Labute approximate surface area is 205 Å². The van der Waals surface area contributed by atoms with Gasteiger partial charge in [-0.2, -0.15) is 14.7 Å². The molecule has 0 saturated carbocycles. The van der Waals surface area contributed by atoms with E-state index in [9.17, 15) is 8.76 Å². The van der Waals surface area contributed by atoms with E-state index < -0.39 is 11.3 Å². The van der Waals surface area contributed by atoms with Crippen molar-refractivity contribution in [3.05, 3.63) is 76.7 Å². The summed E-state index contributed by atoms with van der Waals surface area (Å²) >= 11 is -2.27. The highest BCUT2D eigenvalue weighted by atomic mass is 32.2. The van der Waals surface area contributed by atoms with Crippen molar-refractivity contribution in [2.45, 2.75) is 33.9 Å². The van der Waals surface area contributed by atoms with Crippen molar-refractivity contribution in [2.24, 2.45) is 7.05 Å². The van der Waals surface area contributed by atoms with Crippen molar-refractivity contribution < 1.29 is 8.76 Å². The van der Waals surface area contributed by atoms with Crippen molar-refractivity contribution in [3.63, 3.8) is 0 Å². The first-order valence-corrected chi connectivity index (χ1v) is 12.3. The van der Waals surface area contributed by atoms with Gasteiger partial charge in [0.1, 0.15) is 5.82 Å². The summed E-state index contributed by atoms with van der Waals surface area (Å²) in [5.74, 6) is 0.855. The largest absolute Gasteiger partial charge is 0.760 e. The highest BCUT2D eigenvalue weighted by Crippen LogP contribution is 2.32. The van der Waals surface area contributed by atoms with Gasteiger partial charge in [-0.3, -0.25) is 8.89 Å². The van der Waals surface area contributed by atoms with Crippen LogP contribution in [-0.2, 0) is 31.4 Å². The quantitative estimate of drug-likeness (QED) is 0.338. The minimum absolute atomic E-state index is 0.272. The number of fused-ring (bicyclic) bond motifs is 2. The summed E-state index contributed by atoms with van der Waals surface area (Å²) in [5.41, 5.74) is 8.73. The standard InChI is InChI=1S/C25H27N7O2S/c1-15-11-23(26-13-18-5-7-19(8-6-18)14-27-35(33)34)32-25(28-15)24(17(3)30-32)20-9-10-22-21(12-20)16(2)29-31(22)4/h5-12,26-27H,13-14H2,1-4H3,(H,33,34)/p-1. The summed E-state index contributed by atoms with van der Waals surface area (Å²) in [6.07, 6.45) is 0. The Morgan fingerprint density at radius 1 is 0.943 bits per heavy atom. The van der Waals surface area contributed by atoms with Gasteiger partial charge in [0.25, 0.3) is 0 Å². The van der Waals surface area contributed by atoms with Gasteiger partial charge in [-0.05, 0) is 49.6 Å². The monoisotopic (exact) mass is 488 g/mol. The second-order valence-electron chi connectivity index (χ2n) is 8.65. The molecule has 2 aromatic carbocycles. The Kier molecular flexibility index (Phi) is 6.10. The predicted molar refractivity (Wildman–Crippen MR) is 136 cm³/mol. The number of benzene rings is 2. The van der Waals surface area contributed by atoms with Gasteiger partial charge in [-0.1, -0.05) is 30.3 Å². The van der Waals surface area contributed by atoms with E-state index in [4.69, 9.17) is 10.1 Å². The lowest BCUT2D eigenvalue weighted by Crippen LogP contribution is -2.15. The Hall–Kier alpha value is -3.60. The molecule has 5 aromatic rings. The number of rotatable bonds is 7. The lowest BCUT2D eigenvalue weighted by atomic mass is 10.0. The fourth-order valence-corrected chi connectivity index (χ4v) is 4.70. The first kappa shape index (κ1) is 23.2. The number of nitrogens with one attached hydrogen (secondary N) is 2. The Balaban J connectivity index is 1.46. The minimum Gasteiger partial charge on any atom is -0.760 e. The molecule has 0 aliphatic rings. The van der Waals surface area contributed by atoms with E-state index in [0.717, 1.165) is 61.7 Å². The van der Waals surface area contributed by atoms with E-state index in [1.807, 2.05) is 67.3 Å². The van der Waals surface area contributed by atoms with Crippen LogP contribution in [0.3, 0.4) is 0 Å². The lowest BCUT2D eigenvalue weighted by Gasteiger charge is -2.11. The molecule has 9 nitrogen and oxygen atoms in total. The molecule has 2 N–H and O–H groups in total. The van der Waals surface area contributed by atoms with Crippen molar-refractivity contribution in [3.8, 4) is 11.1 Å². The maximum Gasteiger partial charge on any atom is 0.165 e. The van der Waals surface area contributed by atoms with Gasteiger partial charge in [0.15, 0.2) is 5.65 Å². The second-order valence-corrected chi connectivity index (χ2v) is 9.40. The number of hydrogen-bond donors (Lipinski definition) is 2. The van der Waals surface area contributed by atoms with Crippen molar-refractivity contribution in [1.82, 2.24) is 29.1 Å². The van der Waals surface area contributed by atoms with E-state index in [1.54, 1.807) is 0 Å². The third-order valence-electron chi connectivity index (χ3n) is 6.11. The van der Waals surface area contributed by atoms with E-state index in [1.165, 1.54) is 0 Å². The van der Waals surface area contributed by atoms with Gasteiger partial charge in [0.05, 0.1) is 16.9 Å². The molecule has 0 bridgehead atoms. The SMILES string of the molecule is Cc1cc(NCc2ccc(CNS(=O)[O-])cc2)n2nc(C)c(-c3ccc4c(c3)c(C)nn4C)c2n1. The smallest absolute Gasteiger partial charge is 0.165 e. The Morgan fingerprint density at radius 3 is 2.37 bits per heavy atom. The number of hydrogen-bond acceptors (Lipinski definition) is 6. The van der Waals surface area contributed by atoms with Crippen LogP contribution in [0, 0.1) is 20.8 Å². The first-order chi connectivity index (χ1) is 16.8. The van der Waals surface area contributed by atoms with Gasteiger partial charge < -0.3 is 9.87 Å². The van der Waals surface area contributed by atoms with Crippen LogP contribution in [0.4, 0.5) is 5.82 Å². The molecule has 0 aliphatic carbocycles. The molecule has 1 unspecified atom stereocenters. The summed E-state index contributed by atoms with van der Waals surface area (Å²) < 4.78 is 27.5.